The summed E-state index contributed by atoms with van der Waals surface area (Å²) in [6.07, 6.45) is 10.3. The Bertz CT molecular complexity index is 280. The van der Waals surface area contributed by atoms with Gasteiger partial charge >= 0.3 is 0 Å². The molecule has 0 aromatic carbocycles. The van der Waals surface area contributed by atoms with Gasteiger partial charge in [-0.15, -0.1) is 0 Å². The number of piperidine rings is 1. The second-order valence-corrected chi connectivity index (χ2v) is 5.27. The first kappa shape index (κ1) is 12.6. The molecule has 1 fully saturated rings. The van der Waals surface area contributed by atoms with Crippen LogP contribution >= 0.6 is 0 Å². The minimum Gasteiger partial charge on any atom is -0.356 e. The third-order valence-corrected chi connectivity index (χ3v) is 3.78. The van der Waals surface area contributed by atoms with Crippen LogP contribution in [0.4, 0.5) is 0 Å². The average Bonchev–Trinajstić information content (AvgIpc) is 2.83. The monoisotopic (exact) mass is 236 g/mol. The van der Waals surface area contributed by atoms with Crippen LogP contribution in [0.25, 0.3) is 0 Å². The molecule has 1 aliphatic heterocycles. The lowest BCUT2D eigenvalue weighted by Gasteiger charge is -2.22. The number of allylic oxidation sites excluding steroid dienone is 1. The van der Waals surface area contributed by atoms with Crippen LogP contribution in [0.5, 0.6) is 0 Å². The number of carbonyl (C=O) groups is 1. The van der Waals surface area contributed by atoms with Gasteiger partial charge in [0.2, 0.25) is 5.91 Å². The van der Waals surface area contributed by atoms with Crippen molar-refractivity contribution in [1.29, 1.82) is 0 Å². The molecule has 0 aromatic heterocycles. The number of hydrogen-bond donors (Lipinski definition) is 2. The molecule has 96 valence electrons. The van der Waals surface area contributed by atoms with E-state index in [9.17, 15) is 4.79 Å². The van der Waals surface area contributed by atoms with Crippen LogP contribution in [-0.2, 0) is 4.79 Å². The van der Waals surface area contributed by atoms with Crippen molar-refractivity contribution in [3.63, 3.8) is 0 Å². The third kappa shape index (κ3) is 4.50. The summed E-state index contributed by atoms with van der Waals surface area (Å²) >= 11 is 0. The molecule has 1 atom stereocenters. The maximum Gasteiger partial charge on any atom is 0.220 e. The first-order valence-corrected chi connectivity index (χ1v) is 7.00. The highest BCUT2D eigenvalue weighted by Gasteiger charge is 2.16. The molecule has 0 radical (unpaired) electrons. The van der Waals surface area contributed by atoms with Gasteiger partial charge in [0.25, 0.3) is 0 Å². The van der Waals surface area contributed by atoms with Gasteiger partial charge in [-0.05, 0) is 57.5 Å². The van der Waals surface area contributed by atoms with E-state index in [1.807, 2.05) is 0 Å². The van der Waals surface area contributed by atoms with Gasteiger partial charge in [0.15, 0.2) is 0 Å². The average molecular weight is 236 g/mol. The van der Waals surface area contributed by atoms with Crippen molar-refractivity contribution >= 4 is 5.91 Å². The van der Waals surface area contributed by atoms with Gasteiger partial charge in [-0.25, -0.2) is 0 Å². The zero-order valence-electron chi connectivity index (χ0n) is 10.6. The Balaban J connectivity index is 1.56. The van der Waals surface area contributed by atoms with Gasteiger partial charge in [-0.3, -0.25) is 4.79 Å². The Morgan fingerprint density at radius 2 is 2.41 bits per heavy atom. The van der Waals surface area contributed by atoms with Gasteiger partial charge in [-0.2, -0.15) is 0 Å². The lowest BCUT2D eigenvalue weighted by Crippen LogP contribution is -2.34. The standard InChI is InChI=1S/C14H24N2O/c17-14(10-13-6-3-8-15-11-13)16-9-7-12-4-1-2-5-12/h4,13,15H,1-3,5-11H2,(H,16,17). The second-order valence-electron chi connectivity index (χ2n) is 5.27. The summed E-state index contributed by atoms with van der Waals surface area (Å²) in [6.45, 7) is 2.95. The van der Waals surface area contributed by atoms with Gasteiger partial charge in [0, 0.05) is 13.0 Å². The van der Waals surface area contributed by atoms with Gasteiger partial charge in [0.1, 0.15) is 0 Å². The largest absolute Gasteiger partial charge is 0.356 e. The summed E-state index contributed by atoms with van der Waals surface area (Å²) in [5.74, 6) is 0.784. The molecule has 1 unspecified atom stereocenters. The molecule has 1 amide bonds. The van der Waals surface area contributed by atoms with E-state index in [0.29, 0.717) is 12.3 Å². The van der Waals surface area contributed by atoms with Gasteiger partial charge in [-0.1, -0.05) is 11.6 Å². The molecule has 1 aliphatic carbocycles. The summed E-state index contributed by atoms with van der Waals surface area (Å²) in [5.41, 5.74) is 1.53. The fourth-order valence-corrected chi connectivity index (χ4v) is 2.76. The van der Waals surface area contributed by atoms with Gasteiger partial charge < -0.3 is 10.6 Å². The van der Waals surface area contributed by atoms with Crippen LogP contribution in [0.15, 0.2) is 11.6 Å². The SMILES string of the molecule is O=C(CC1CCCNC1)NCCC1=CCCC1. The van der Waals surface area contributed by atoms with Crippen molar-refractivity contribution in [2.75, 3.05) is 19.6 Å². The van der Waals surface area contributed by atoms with E-state index in [1.54, 1.807) is 0 Å². The van der Waals surface area contributed by atoms with Crippen LogP contribution in [0.1, 0.15) is 44.9 Å². The van der Waals surface area contributed by atoms with Crippen molar-refractivity contribution < 1.29 is 4.79 Å². The van der Waals surface area contributed by atoms with Crippen molar-refractivity contribution in [2.24, 2.45) is 5.92 Å². The summed E-state index contributed by atoms with van der Waals surface area (Å²) in [6, 6.07) is 0. The second kappa shape index (κ2) is 6.80. The molecule has 2 rings (SSSR count). The quantitative estimate of drug-likeness (QED) is 0.717. The number of rotatable bonds is 5. The minimum absolute atomic E-state index is 0.234. The molecular formula is C14H24N2O. The summed E-state index contributed by atoms with van der Waals surface area (Å²) < 4.78 is 0. The molecular weight excluding hydrogens is 212 g/mol. The predicted molar refractivity (Wildman–Crippen MR) is 69.8 cm³/mol. The fourth-order valence-electron chi connectivity index (χ4n) is 2.76. The van der Waals surface area contributed by atoms with Crippen LogP contribution in [0, 0.1) is 5.92 Å². The van der Waals surface area contributed by atoms with Crippen LogP contribution in [0.3, 0.4) is 0 Å². The van der Waals surface area contributed by atoms with E-state index >= 15 is 0 Å². The first-order chi connectivity index (χ1) is 8.34. The molecule has 2 aliphatic rings. The zero-order valence-corrected chi connectivity index (χ0v) is 10.6. The van der Waals surface area contributed by atoms with E-state index in [4.69, 9.17) is 0 Å². The molecule has 3 heteroatoms. The summed E-state index contributed by atoms with van der Waals surface area (Å²) in [7, 11) is 0. The third-order valence-electron chi connectivity index (χ3n) is 3.78. The number of hydrogen-bond acceptors (Lipinski definition) is 2. The van der Waals surface area contributed by atoms with E-state index in [0.717, 1.165) is 26.1 Å². The smallest absolute Gasteiger partial charge is 0.220 e. The summed E-state index contributed by atoms with van der Waals surface area (Å²) in [4.78, 5) is 11.7. The number of nitrogens with one attached hydrogen (secondary N) is 2. The van der Waals surface area contributed by atoms with Crippen molar-refractivity contribution in [1.82, 2.24) is 10.6 Å². The lowest BCUT2D eigenvalue weighted by atomic mass is 9.96. The van der Waals surface area contributed by atoms with E-state index < -0.39 is 0 Å². The molecule has 0 saturated carbocycles. The van der Waals surface area contributed by atoms with Crippen molar-refractivity contribution in [2.45, 2.75) is 44.9 Å². The summed E-state index contributed by atoms with van der Waals surface area (Å²) in [5, 5.41) is 6.40. The minimum atomic E-state index is 0.234. The first-order valence-electron chi connectivity index (χ1n) is 7.00. The van der Waals surface area contributed by atoms with Gasteiger partial charge in [0.05, 0.1) is 0 Å². The Labute approximate surface area is 104 Å². The van der Waals surface area contributed by atoms with Crippen LogP contribution in [-0.4, -0.2) is 25.5 Å². The molecule has 1 heterocycles. The highest BCUT2D eigenvalue weighted by atomic mass is 16.1. The Hall–Kier alpha value is -0.830. The van der Waals surface area contributed by atoms with E-state index in [-0.39, 0.29) is 5.91 Å². The Morgan fingerprint density at radius 3 is 3.12 bits per heavy atom. The maximum atomic E-state index is 11.7. The maximum absolute atomic E-state index is 11.7. The number of amides is 1. The normalized spacial score (nSPS) is 24.5. The van der Waals surface area contributed by atoms with Crippen molar-refractivity contribution in [3.05, 3.63) is 11.6 Å². The predicted octanol–water partition coefficient (Wildman–Crippen LogP) is 1.99. The molecule has 1 saturated heterocycles. The van der Waals surface area contributed by atoms with Crippen molar-refractivity contribution in [3.8, 4) is 0 Å². The van der Waals surface area contributed by atoms with Crippen LogP contribution in [0.2, 0.25) is 0 Å². The highest BCUT2D eigenvalue weighted by Crippen LogP contribution is 2.19. The Kier molecular flexibility index (Phi) is 5.05. The lowest BCUT2D eigenvalue weighted by molar-refractivity contribution is -0.122. The zero-order chi connectivity index (χ0) is 11.9. The topological polar surface area (TPSA) is 41.1 Å². The Morgan fingerprint density at radius 1 is 1.47 bits per heavy atom. The molecule has 0 bridgehead atoms. The van der Waals surface area contributed by atoms with Crippen LogP contribution < -0.4 is 10.6 Å². The molecule has 0 aromatic rings. The molecule has 17 heavy (non-hydrogen) atoms. The van der Waals surface area contributed by atoms with E-state index in [1.165, 1.54) is 37.7 Å². The highest BCUT2D eigenvalue weighted by molar-refractivity contribution is 5.76. The number of carbonyl (C=O) groups excluding carboxylic acids is 1. The molecule has 2 N–H and O–H groups in total. The fraction of sp³-hybridized carbons (Fsp3) is 0.786. The molecule has 0 spiro atoms. The van der Waals surface area contributed by atoms with E-state index in [2.05, 4.69) is 16.7 Å². The molecule has 3 nitrogen and oxygen atoms in total.